The second-order valence-electron chi connectivity index (χ2n) is 5.70. The summed E-state index contributed by atoms with van der Waals surface area (Å²) in [6.07, 6.45) is 10.0. The molecule has 2 heteroatoms. The van der Waals surface area contributed by atoms with Gasteiger partial charge in [0.25, 0.3) is 0 Å². The largest absolute Gasteiger partial charge is 0.311 e. The fourth-order valence-corrected chi connectivity index (χ4v) is 3.33. The van der Waals surface area contributed by atoms with Crippen LogP contribution in [0.15, 0.2) is 0 Å². The summed E-state index contributed by atoms with van der Waals surface area (Å²) in [5.41, 5.74) is 0. The molecule has 0 radical (unpaired) electrons. The Morgan fingerprint density at radius 1 is 1.12 bits per heavy atom. The normalized spacial score (nSPS) is 34.9. The molecule has 0 spiro atoms. The van der Waals surface area contributed by atoms with E-state index < -0.39 is 0 Å². The summed E-state index contributed by atoms with van der Waals surface area (Å²) in [5.74, 6) is 0. The Labute approximate surface area is 101 Å². The van der Waals surface area contributed by atoms with Gasteiger partial charge in [0, 0.05) is 31.2 Å². The molecule has 0 aromatic heterocycles. The third-order valence-corrected chi connectivity index (χ3v) is 4.49. The summed E-state index contributed by atoms with van der Waals surface area (Å²) in [4.78, 5) is 2.80. The van der Waals surface area contributed by atoms with E-state index in [9.17, 15) is 0 Å². The van der Waals surface area contributed by atoms with Crippen molar-refractivity contribution in [2.24, 2.45) is 0 Å². The minimum absolute atomic E-state index is 0.736. The lowest BCUT2D eigenvalue weighted by molar-refractivity contribution is 0.0810. The van der Waals surface area contributed by atoms with Gasteiger partial charge in [-0.15, -0.1) is 0 Å². The first kappa shape index (κ1) is 12.4. The summed E-state index contributed by atoms with van der Waals surface area (Å²) in [7, 11) is 0. The van der Waals surface area contributed by atoms with Crippen LogP contribution in [0.25, 0.3) is 0 Å². The van der Waals surface area contributed by atoms with Crippen LogP contribution in [0.1, 0.15) is 58.8 Å². The topological polar surface area (TPSA) is 15.3 Å². The maximum atomic E-state index is 3.66. The Balaban J connectivity index is 1.93. The van der Waals surface area contributed by atoms with Gasteiger partial charge in [-0.1, -0.05) is 32.6 Å². The van der Waals surface area contributed by atoms with Crippen molar-refractivity contribution in [3.05, 3.63) is 0 Å². The SMILES string of the molecule is CCC1CN(C2CCCCCC2)C(C)CN1. The van der Waals surface area contributed by atoms with Crippen LogP contribution in [0.4, 0.5) is 0 Å². The highest BCUT2D eigenvalue weighted by Crippen LogP contribution is 2.25. The molecule has 2 atom stereocenters. The van der Waals surface area contributed by atoms with Crippen LogP contribution in [0.2, 0.25) is 0 Å². The minimum Gasteiger partial charge on any atom is -0.311 e. The first-order valence-electron chi connectivity index (χ1n) is 7.30. The number of nitrogens with one attached hydrogen (secondary N) is 1. The van der Waals surface area contributed by atoms with Gasteiger partial charge in [0.1, 0.15) is 0 Å². The zero-order valence-electron chi connectivity index (χ0n) is 11.0. The number of nitrogens with zero attached hydrogens (tertiary/aromatic N) is 1. The highest BCUT2D eigenvalue weighted by Gasteiger charge is 2.29. The summed E-state index contributed by atoms with van der Waals surface area (Å²) < 4.78 is 0. The van der Waals surface area contributed by atoms with E-state index in [-0.39, 0.29) is 0 Å². The van der Waals surface area contributed by atoms with Gasteiger partial charge in [-0.2, -0.15) is 0 Å². The van der Waals surface area contributed by atoms with Gasteiger partial charge in [-0.25, -0.2) is 0 Å². The fourth-order valence-electron chi connectivity index (χ4n) is 3.33. The Morgan fingerprint density at radius 3 is 2.44 bits per heavy atom. The molecule has 94 valence electrons. The van der Waals surface area contributed by atoms with Crippen molar-refractivity contribution in [1.29, 1.82) is 0 Å². The lowest BCUT2D eigenvalue weighted by Crippen LogP contribution is -2.58. The summed E-state index contributed by atoms with van der Waals surface area (Å²) in [5, 5.41) is 3.66. The third kappa shape index (κ3) is 2.98. The lowest BCUT2D eigenvalue weighted by Gasteiger charge is -2.43. The van der Waals surface area contributed by atoms with Crippen LogP contribution in [-0.4, -0.2) is 36.1 Å². The molecular weight excluding hydrogens is 196 g/mol. The van der Waals surface area contributed by atoms with E-state index in [1.807, 2.05) is 0 Å². The second kappa shape index (κ2) is 6.02. The predicted octanol–water partition coefficient (Wildman–Crippen LogP) is 2.78. The van der Waals surface area contributed by atoms with Gasteiger partial charge in [0.05, 0.1) is 0 Å². The van der Waals surface area contributed by atoms with E-state index in [0.717, 1.165) is 18.1 Å². The highest BCUT2D eigenvalue weighted by atomic mass is 15.2. The first-order chi connectivity index (χ1) is 7.81. The maximum absolute atomic E-state index is 3.66. The van der Waals surface area contributed by atoms with Crippen LogP contribution in [0.5, 0.6) is 0 Å². The van der Waals surface area contributed by atoms with E-state index in [1.54, 1.807) is 0 Å². The molecular formula is C14H28N2. The fraction of sp³-hybridized carbons (Fsp3) is 1.00. The molecule has 0 aromatic carbocycles. The molecule has 1 aliphatic heterocycles. The molecule has 16 heavy (non-hydrogen) atoms. The molecule has 1 aliphatic carbocycles. The first-order valence-corrected chi connectivity index (χ1v) is 7.30. The van der Waals surface area contributed by atoms with Crippen LogP contribution in [0, 0.1) is 0 Å². The molecule has 0 amide bonds. The standard InChI is InChI=1S/C14H28N2/c1-3-13-11-16(12(2)10-15-13)14-8-6-4-5-7-9-14/h12-15H,3-11H2,1-2H3. The van der Waals surface area contributed by atoms with Gasteiger partial charge in [0.15, 0.2) is 0 Å². The number of rotatable bonds is 2. The van der Waals surface area contributed by atoms with E-state index in [2.05, 4.69) is 24.1 Å². The van der Waals surface area contributed by atoms with Crippen LogP contribution < -0.4 is 5.32 Å². The van der Waals surface area contributed by atoms with Gasteiger partial charge in [0.2, 0.25) is 0 Å². The Morgan fingerprint density at radius 2 is 1.81 bits per heavy atom. The average Bonchev–Trinajstić information content (AvgIpc) is 2.58. The average molecular weight is 224 g/mol. The third-order valence-electron chi connectivity index (χ3n) is 4.49. The Kier molecular flexibility index (Phi) is 4.66. The Hall–Kier alpha value is -0.0800. The summed E-state index contributed by atoms with van der Waals surface area (Å²) >= 11 is 0. The van der Waals surface area contributed by atoms with Crippen LogP contribution in [-0.2, 0) is 0 Å². The van der Waals surface area contributed by atoms with Crippen molar-refractivity contribution in [2.75, 3.05) is 13.1 Å². The van der Waals surface area contributed by atoms with Crippen molar-refractivity contribution in [3.63, 3.8) is 0 Å². The maximum Gasteiger partial charge on any atom is 0.0196 e. The van der Waals surface area contributed by atoms with Crippen molar-refractivity contribution in [2.45, 2.75) is 76.9 Å². The molecule has 2 fully saturated rings. The van der Waals surface area contributed by atoms with E-state index in [1.165, 1.54) is 58.0 Å². The number of piperazine rings is 1. The lowest BCUT2D eigenvalue weighted by atomic mass is 10.0. The molecule has 2 aliphatic rings. The zero-order chi connectivity index (χ0) is 11.4. The molecule has 1 N–H and O–H groups in total. The minimum atomic E-state index is 0.736. The molecule has 1 saturated heterocycles. The summed E-state index contributed by atoms with van der Waals surface area (Å²) in [6.45, 7) is 7.17. The molecule has 2 nitrogen and oxygen atoms in total. The predicted molar refractivity (Wildman–Crippen MR) is 69.7 cm³/mol. The Bertz CT molecular complexity index is 197. The van der Waals surface area contributed by atoms with Crippen molar-refractivity contribution in [1.82, 2.24) is 10.2 Å². The van der Waals surface area contributed by atoms with Crippen molar-refractivity contribution >= 4 is 0 Å². The van der Waals surface area contributed by atoms with E-state index >= 15 is 0 Å². The number of hydrogen-bond acceptors (Lipinski definition) is 2. The van der Waals surface area contributed by atoms with E-state index in [0.29, 0.717) is 0 Å². The van der Waals surface area contributed by atoms with Gasteiger partial charge >= 0.3 is 0 Å². The molecule has 0 bridgehead atoms. The van der Waals surface area contributed by atoms with Crippen molar-refractivity contribution < 1.29 is 0 Å². The quantitative estimate of drug-likeness (QED) is 0.726. The van der Waals surface area contributed by atoms with E-state index in [4.69, 9.17) is 0 Å². The second-order valence-corrected chi connectivity index (χ2v) is 5.70. The molecule has 1 saturated carbocycles. The van der Waals surface area contributed by atoms with Gasteiger partial charge in [-0.05, 0) is 26.2 Å². The van der Waals surface area contributed by atoms with Crippen molar-refractivity contribution in [3.8, 4) is 0 Å². The van der Waals surface area contributed by atoms with Crippen LogP contribution in [0.3, 0.4) is 0 Å². The smallest absolute Gasteiger partial charge is 0.0196 e. The highest BCUT2D eigenvalue weighted by molar-refractivity contribution is 4.88. The van der Waals surface area contributed by atoms with Crippen LogP contribution >= 0.6 is 0 Å². The molecule has 2 rings (SSSR count). The number of hydrogen-bond donors (Lipinski definition) is 1. The van der Waals surface area contributed by atoms with Gasteiger partial charge in [-0.3, -0.25) is 4.90 Å². The van der Waals surface area contributed by atoms with Gasteiger partial charge < -0.3 is 5.32 Å². The zero-order valence-corrected chi connectivity index (χ0v) is 11.0. The molecule has 2 unspecified atom stereocenters. The monoisotopic (exact) mass is 224 g/mol. The summed E-state index contributed by atoms with van der Waals surface area (Å²) in [6, 6.07) is 2.36. The molecule has 1 heterocycles. The molecule has 0 aromatic rings.